The Balaban J connectivity index is 1.19. The molecule has 3 aromatic heterocycles. The molecule has 3 saturated carbocycles. The van der Waals surface area contributed by atoms with Gasteiger partial charge in [-0.2, -0.15) is 10.4 Å². The van der Waals surface area contributed by atoms with Crippen molar-refractivity contribution in [2.45, 2.75) is 82.3 Å². The van der Waals surface area contributed by atoms with Crippen LogP contribution in [-0.4, -0.2) is 50.5 Å². The molecule has 0 aliphatic heterocycles. The molecule has 6 rings (SSSR count). The molecule has 1 N–H and O–H groups in total. The van der Waals surface area contributed by atoms with E-state index >= 15 is 0 Å². The number of carbonyl (C=O) groups is 1. The third-order valence-electron chi connectivity index (χ3n) is 9.10. The zero-order valence-electron chi connectivity index (χ0n) is 23.7. The second-order valence-corrected chi connectivity index (χ2v) is 11.9. The maximum atomic E-state index is 14.0. The van der Waals surface area contributed by atoms with E-state index in [9.17, 15) is 15.2 Å². The number of amides is 1. The highest BCUT2D eigenvalue weighted by Gasteiger charge is 2.33. The van der Waals surface area contributed by atoms with Gasteiger partial charge < -0.3 is 9.84 Å². The van der Waals surface area contributed by atoms with Crippen LogP contribution in [0.25, 0.3) is 11.1 Å². The van der Waals surface area contributed by atoms with E-state index in [0.29, 0.717) is 61.4 Å². The first kappa shape index (κ1) is 27.4. The minimum atomic E-state index is -0.305. The lowest BCUT2D eigenvalue weighted by Gasteiger charge is -2.35. The molecule has 0 saturated heterocycles. The van der Waals surface area contributed by atoms with Crippen molar-refractivity contribution >= 4 is 11.7 Å². The molecule has 214 valence electrons. The fourth-order valence-electron chi connectivity index (χ4n) is 6.44. The van der Waals surface area contributed by atoms with E-state index in [1.807, 2.05) is 40.0 Å². The Labute approximate surface area is 241 Å². The zero-order valence-corrected chi connectivity index (χ0v) is 23.7. The number of aromatic nitrogens is 4. The maximum Gasteiger partial charge on any atom is 0.231 e. The average Bonchev–Trinajstić information content (AvgIpc) is 3.75. The third-order valence-corrected chi connectivity index (χ3v) is 9.10. The monoisotopic (exact) mass is 554 g/mol. The SMILES string of the molecule is COc1ccc(C2CCC(CN(C(=O)C3CCC(O)CC3)c3cc(-c4cnn(C5CC5)c4)ccn3)CC2)nc1C#N. The summed E-state index contributed by atoms with van der Waals surface area (Å²) in [6.07, 6.45) is 14.5. The van der Waals surface area contributed by atoms with E-state index in [4.69, 9.17) is 4.74 Å². The van der Waals surface area contributed by atoms with Crippen molar-refractivity contribution in [3.63, 3.8) is 0 Å². The number of ether oxygens (including phenoxy) is 1. The molecule has 41 heavy (non-hydrogen) atoms. The van der Waals surface area contributed by atoms with Gasteiger partial charge in [0.1, 0.15) is 11.9 Å². The number of hydrogen-bond donors (Lipinski definition) is 1. The third kappa shape index (κ3) is 6.13. The highest BCUT2D eigenvalue weighted by molar-refractivity contribution is 5.94. The van der Waals surface area contributed by atoms with Crippen molar-refractivity contribution in [2.24, 2.45) is 11.8 Å². The van der Waals surface area contributed by atoms with Crippen molar-refractivity contribution in [1.29, 1.82) is 5.26 Å². The van der Waals surface area contributed by atoms with Gasteiger partial charge in [0, 0.05) is 42.0 Å². The van der Waals surface area contributed by atoms with Crippen LogP contribution in [0.5, 0.6) is 5.75 Å². The van der Waals surface area contributed by atoms with Gasteiger partial charge in [-0.25, -0.2) is 9.97 Å². The van der Waals surface area contributed by atoms with E-state index in [1.165, 1.54) is 12.8 Å². The number of carbonyl (C=O) groups excluding carboxylic acids is 1. The molecule has 1 amide bonds. The Morgan fingerprint density at radius 2 is 1.85 bits per heavy atom. The van der Waals surface area contributed by atoms with Gasteiger partial charge in [-0.05, 0) is 100.0 Å². The van der Waals surface area contributed by atoms with Crippen LogP contribution in [0.2, 0.25) is 0 Å². The van der Waals surface area contributed by atoms with Crippen molar-refractivity contribution in [2.75, 3.05) is 18.6 Å². The largest absolute Gasteiger partial charge is 0.494 e. The molecule has 0 spiro atoms. The molecule has 3 aromatic rings. The molecule has 3 fully saturated rings. The standard InChI is InChI=1S/C32H38N6O3/c1-41-30-13-12-28(36-29(30)17-33)22-4-2-21(3-5-22)19-37(32(40)23-6-10-27(39)11-7-23)31-16-24(14-15-34-31)25-18-35-38(20-25)26-8-9-26/h12-16,18,20-23,26-27,39H,2-11,19H2,1H3. The first-order valence-corrected chi connectivity index (χ1v) is 15.0. The Morgan fingerprint density at radius 3 is 2.56 bits per heavy atom. The summed E-state index contributed by atoms with van der Waals surface area (Å²) in [5, 5.41) is 24.1. The average molecular weight is 555 g/mol. The number of methoxy groups -OCH3 is 1. The highest BCUT2D eigenvalue weighted by Crippen LogP contribution is 2.38. The number of pyridine rings is 2. The van der Waals surface area contributed by atoms with Crippen molar-refractivity contribution in [3.8, 4) is 22.9 Å². The van der Waals surface area contributed by atoms with Crippen molar-refractivity contribution < 1.29 is 14.6 Å². The van der Waals surface area contributed by atoms with Gasteiger partial charge in [-0.1, -0.05) is 0 Å². The second kappa shape index (κ2) is 12.0. The molecule has 0 aromatic carbocycles. The van der Waals surface area contributed by atoms with Crippen LogP contribution in [0, 0.1) is 23.2 Å². The van der Waals surface area contributed by atoms with Crippen LogP contribution in [0.3, 0.4) is 0 Å². The van der Waals surface area contributed by atoms with Crippen molar-refractivity contribution in [3.05, 3.63) is 54.2 Å². The summed E-state index contributed by atoms with van der Waals surface area (Å²) in [7, 11) is 1.55. The molecular weight excluding hydrogens is 516 g/mol. The Kier molecular flexibility index (Phi) is 8.02. The van der Waals surface area contributed by atoms with Crippen LogP contribution in [-0.2, 0) is 4.79 Å². The lowest BCUT2D eigenvalue weighted by Crippen LogP contribution is -2.42. The molecule has 0 radical (unpaired) electrons. The molecule has 0 bridgehead atoms. The van der Waals surface area contributed by atoms with Crippen LogP contribution < -0.4 is 9.64 Å². The van der Waals surface area contributed by atoms with Gasteiger partial charge >= 0.3 is 0 Å². The summed E-state index contributed by atoms with van der Waals surface area (Å²) in [6, 6.07) is 10.5. The summed E-state index contributed by atoms with van der Waals surface area (Å²) < 4.78 is 7.31. The van der Waals surface area contributed by atoms with Crippen LogP contribution in [0.4, 0.5) is 5.82 Å². The summed E-state index contributed by atoms with van der Waals surface area (Å²) in [5.74, 6) is 1.86. The first-order valence-electron chi connectivity index (χ1n) is 15.0. The van der Waals surface area contributed by atoms with Crippen molar-refractivity contribution in [1.82, 2.24) is 19.7 Å². The van der Waals surface area contributed by atoms with Gasteiger partial charge in [0.2, 0.25) is 5.91 Å². The predicted molar refractivity (Wildman–Crippen MR) is 154 cm³/mol. The second-order valence-electron chi connectivity index (χ2n) is 11.9. The van der Waals surface area contributed by atoms with E-state index in [2.05, 4.69) is 27.3 Å². The normalized spacial score (nSPS) is 24.4. The molecule has 3 aliphatic rings. The highest BCUT2D eigenvalue weighted by atomic mass is 16.5. The molecule has 0 atom stereocenters. The molecule has 3 aliphatic carbocycles. The summed E-state index contributed by atoms with van der Waals surface area (Å²) in [6.45, 7) is 0.627. The predicted octanol–water partition coefficient (Wildman–Crippen LogP) is 5.41. The van der Waals surface area contributed by atoms with E-state index in [0.717, 1.165) is 42.5 Å². The minimum Gasteiger partial charge on any atom is -0.494 e. The molecule has 3 heterocycles. The molecule has 0 unspecified atom stereocenters. The van der Waals surface area contributed by atoms with Gasteiger partial charge in [0.05, 0.1) is 25.5 Å². The van der Waals surface area contributed by atoms with Crippen LogP contribution >= 0.6 is 0 Å². The smallest absolute Gasteiger partial charge is 0.231 e. The molecule has 9 heteroatoms. The molecule has 9 nitrogen and oxygen atoms in total. The number of rotatable bonds is 8. The minimum absolute atomic E-state index is 0.0919. The summed E-state index contributed by atoms with van der Waals surface area (Å²) >= 11 is 0. The fourth-order valence-corrected chi connectivity index (χ4v) is 6.44. The number of aliphatic hydroxyl groups is 1. The van der Waals surface area contributed by atoms with Gasteiger partial charge in [0.25, 0.3) is 0 Å². The summed E-state index contributed by atoms with van der Waals surface area (Å²) in [5.41, 5.74) is 3.32. The lowest BCUT2D eigenvalue weighted by molar-refractivity contribution is -0.124. The van der Waals surface area contributed by atoms with E-state index < -0.39 is 0 Å². The lowest BCUT2D eigenvalue weighted by atomic mass is 9.79. The number of nitrogens with zero attached hydrogens (tertiary/aromatic N) is 6. The Hall–Kier alpha value is -3.77. The van der Waals surface area contributed by atoms with E-state index in [1.54, 1.807) is 13.3 Å². The number of aliphatic hydroxyl groups excluding tert-OH is 1. The summed E-state index contributed by atoms with van der Waals surface area (Å²) in [4.78, 5) is 25.2. The fraction of sp³-hybridized carbons (Fsp3) is 0.531. The zero-order chi connectivity index (χ0) is 28.3. The van der Waals surface area contributed by atoms with Crippen LogP contribution in [0.15, 0.2) is 42.9 Å². The van der Waals surface area contributed by atoms with Gasteiger partial charge in [-0.3, -0.25) is 14.4 Å². The molecular formula is C32H38N6O3. The number of anilines is 1. The first-order chi connectivity index (χ1) is 20.0. The number of nitriles is 1. The van der Waals surface area contributed by atoms with E-state index in [-0.39, 0.29) is 23.8 Å². The van der Waals surface area contributed by atoms with Crippen LogP contribution in [0.1, 0.15) is 87.6 Å². The number of hydrogen-bond acceptors (Lipinski definition) is 7. The quantitative estimate of drug-likeness (QED) is 0.395. The maximum absolute atomic E-state index is 14.0. The Morgan fingerprint density at radius 1 is 1.07 bits per heavy atom. The Bertz CT molecular complexity index is 1410. The van der Waals surface area contributed by atoms with Gasteiger partial charge in [-0.15, -0.1) is 0 Å². The van der Waals surface area contributed by atoms with Gasteiger partial charge in [0.15, 0.2) is 11.4 Å². The topological polar surface area (TPSA) is 117 Å².